The number of amides is 1. The summed E-state index contributed by atoms with van der Waals surface area (Å²) in [6.07, 6.45) is 0. The Morgan fingerprint density at radius 3 is 2.42 bits per heavy atom. The minimum Gasteiger partial charge on any atom is -0.497 e. The molecule has 2 aromatic carbocycles. The minimum absolute atomic E-state index is 0.244. The van der Waals surface area contributed by atoms with Crippen molar-refractivity contribution in [2.75, 3.05) is 18.2 Å². The molecule has 0 saturated heterocycles. The second kappa shape index (κ2) is 7.64. The molecule has 0 aliphatic rings. The van der Waals surface area contributed by atoms with E-state index in [9.17, 15) is 4.79 Å². The lowest BCUT2D eigenvalue weighted by atomic mass is 10.1. The summed E-state index contributed by atoms with van der Waals surface area (Å²) in [5.41, 5.74) is 7.89. The summed E-state index contributed by atoms with van der Waals surface area (Å²) in [7, 11) is 1.57. The summed E-state index contributed by atoms with van der Waals surface area (Å²) in [5.74, 6) is 0.934. The van der Waals surface area contributed by atoms with Gasteiger partial charge < -0.3 is 15.8 Å². The summed E-state index contributed by atoms with van der Waals surface area (Å²) in [6, 6.07) is 15.2. The number of nitrogens with two attached hydrogens (primary N) is 1. The lowest BCUT2D eigenvalue weighted by molar-refractivity contribution is 0.102. The Morgan fingerprint density at radius 1 is 1.04 bits per heavy atom. The van der Waals surface area contributed by atoms with Gasteiger partial charge in [0.25, 0.3) is 5.91 Å². The number of nitrogen functional groups attached to an aromatic ring is 1. The number of halogens is 2. The molecule has 0 atom stereocenters. The molecule has 1 amide bonds. The lowest BCUT2D eigenvalue weighted by Gasteiger charge is -2.11. The first-order valence-corrected chi connectivity index (χ1v) is 8.41. The van der Waals surface area contributed by atoms with Gasteiger partial charge >= 0.3 is 0 Å². The van der Waals surface area contributed by atoms with Crippen molar-refractivity contribution in [1.29, 1.82) is 0 Å². The van der Waals surface area contributed by atoms with Crippen LogP contribution in [-0.4, -0.2) is 18.0 Å². The predicted octanol–water partition coefficient (Wildman–Crippen LogP) is 4.90. The maximum Gasteiger partial charge on any atom is 0.256 e. The number of carbonyl (C=O) groups excluding carboxylic acids is 1. The average Bonchev–Trinajstić information content (AvgIpc) is 2.63. The molecule has 0 aliphatic carbocycles. The molecule has 0 aliphatic heterocycles. The quantitative estimate of drug-likeness (QED) is 0.667. The van der Waals surface area contributed by atoms with Gasteiger partial charge in [0.1, 0.15) is 17.4 Å². The Labute approximate surface area is 160 Å². The number of hydrogen-bond donors (Lipinski definition) is 2. The summed E-state index contributed by atoms with van der Waals surface area (Å²) in [4.78, 5) is 16.5. The van der Waals surface area contributed by atoms with Gasteiger partial charge in [-0.1, -0.05) is 23.2 Å². The Hall–Kier alpha value is -2.76. The molecule has 0 saturated carbocycles. The van der Waals surface area contributed by atoms with E-state index >= 15 is 0 Å². The molecule has 3 aromatic rings. The highest BCUT2D eigenvalue weighted by Crippen LogP contribution is 2.34. The molecule has 132 valence electrons. The molecule has 26 heavy (non-hydrogen) atoms. The first-order chi connectivity index (χ1) is 12.5. The molecule has 3 rings (SSSR count). The van der Waals surface area contributed by atoms with Gasteiger partial charge in [-0.05, 0) is 54.6 Å². The molecule has 0 unspecified atom stereocenters. The molecule has 1 aromatic heterocycles. The number of pyridine rings is 1. The van der Waals surface area contributed by atoms with Crippen LogP contribution in [0, 0.1) is 0 Å². The number of rotatable bonds is 4. The fourth-order valence-corrected chi connectivity index (χ4v) is 2.75. The molecule has 5 nitrogen and oxygen atoms in total. The van der Waals surface area contributed by atoms with Crippen LogP contribution in [0.3, 0.4) is 0 Å². The van der Waals surface area contributed by atoms with Crippen LogP contribution >= 0.6 is 23.2 Å². The SMILES string of the molecule is COc1ccc(Cl)c(-c2ccc(NC(=O)c3ccc(Cl)cc3)nc2N)c1. The number of anilines is 2. The number of benzene rings is 2. The van der Waals surface area contributed by atoms with E-state index in [4.69, 9.17) is 33.7 Å². The molecule has 0 radical (unpaired) electrons. The fourth-order valence-electron chi connectivity index (χ4n) is 2.40. The van der Waals surface area contributed by atoms with Crippen LogP contribution in [0.2, 0.25) is 10.0 Å². The number of nitrogens with zero attached hydrogens (tertiary/aromatic N) is 1. The van der Waals surface area contributed by atoms with Gasteiger partial charge in [-0.3, -0.25) is 4.79 Å². The molecule has 3 N–H and O–H groups in total. The second-order valence-electron chi connectivity index (χ2n) is 5.44. The van der Waals surface area contributed by atoms with Gasteiger partial charge in [0.05, 0.1) is 7.11 Å². The first kappa shape index (κ1) is 18.0. The Morgan fingerprint density at radius 2 is 1.77 bits per heavy atom. The first-order valence-electron chi connectivity index (χ1n) is 7.65. The third-order valence-electron chi connectivity index (χ3n) is 3.74. The average molecular weight is 388 g/mol. The van der Waals surface area contributed by atoms with Gasteiger partial charge in [0.2, 0.25) is 0 Å². The monoisotopic (exact) mass is 387 g/mol. The number of carbonyl (C=O) groups is 1. The topological polar surface area (TPSA) is 77.2 Å². The minimum atomic E-state index is -0.305. The van der Waals surface area contributed by atoms with Crippen molar-refractivity contribution in [3.05, 3.63) is 70.2 Å². The fraction of sp³-hybridized carbons (Fsp3) is 0.0526. The van der Waals surface area contributed by atoms with E-state index in [0.29, 0.717) is 38.3 Å². The van der Waals surface area contributed by atoms with Crippen molar-refractivity contribution < 1.29 is 9.53 Å². The van der Waals surface area contributed by atoms with Crippen molar-refractivity contribution >= 4 is 40.7 Å². The summed E-state index contributed by atoms with van der Waals surface area (Å²) >= 11 is 12.1. The van der Waals surface area contributed by atoms with Crippen molar-refractivity contribution in [3.63, 3.8) is 0 Å². The van der Waals surface area contributed by atoms with E-state index in [1.54, 1.807) is 61.7 Å². The Kier molecular flexibility index (Phi) is 5.30. The van der Waals surface area contributed by atoms with Crippen LogP contribution < -0.4 is 15.8 Å². The molecule has 0 bridgehead atoms. The third-order valence-corrected chi connectivity index (χ3v) is 4.32. The zero-order valence-electron chi connectivity index (χ0n) is 13.8. The highest BCUT2D eigenvalue weighted by molar-refractivity contribution is 6.33. The van der Waals surface area contributed by atoms with Crippen LogP contribution in [0.1, 0.15) is 10.4 Å². The van der Waals surface area contributed by atoms with Crippen molar-refractivity contribution in [3.8, 4) is 16.9 Å². The van der Waals surface area contributed by atoms with Crippen molar-refractivity contribution in [1.82, 2.24) is 4.98 Å². The predicted molar refractivity (Wildman–Crippen MR) is 105 cm³/mol. The van der Waals surface area contributed by atoms with E-state index in [1.807, 2.05) is 0 Å². The smallest absolute Gasteiger partial charge is 0.256 e. The van der Waals surface area contributed by atoms with Gasteiger partial charge in [-0.2, -0.15) is 0 Å². The highest BCUT2D eigenvalue weighted by atomic mass is 35.5. The zero-order valence-corrected chi connectivity index (χ0v) is 15.3. The number of hydrogen-bond acceptors (Lipinski definition) is 4. The van der Waals surface area contributed by atoms with Crippen molar-refractivity contribution in [2.45, 2.75) is 0 Å². The number of aromatic nitrogens is 1. The second-order valence-corrected chi connectivity index (χ2v) is 6.28. The third kappa shape index (κ3) is 3.90. The van der Waals surface area contributed by atoms with Crippen molar-refractivity contribution in [2.24, 2.45) is 0 Å². The van der Waals surface area contributed by atoms with Crippen LogP contribution in [0.5, 0.6) is 5.75 Å². The number of ether oxygens (including phenoxy) is 1. The molecular formula is C19H15Cl2N3O2. The maximum atomic E-state index is 12.3. The Bertz CT molecular complexity index is 959. The van der Waals surface area contributed by atoms with Gasteiger partial charge in [-0.15, -0.1) is 0 Å². The summed E-state index contributed by atoms with van der Waals surface area (Å²) in [5, 5.41) is 3.79. The number of nitrogens with one attached hydrogen (secondary N) is 1. The lowest BCUT2D eigenvalue weighted by Crippen LogP contribution is -2.13. The van der Waals surface area contributed by atoms with Gasteiger partial charge in [0, 0.05) is 26.7 Å². The highest BCUT2D eigenvalue weighted by Gasteiger charge is 2.12. The molecule has 1 heterocycles. The van der Waals surface area contributed by atoms with Gasteiger partial charge in [-0.25, -0.2) is 4.98 Å². The van der Waals surface area contributed by atoms with E-state index in [2.05, 4.69) is 10.3 Å². The van der Waals surface area contributed by atoms with E-state index in [-0.39, 0.29) is 11.7 Å². The molecule has 0 spiro atoms. The Balaban J connectivity index is 1.86. The van der Waals surface area contributed by atoms with Crippen LogP contribution in [0.25, 0.3) is 11.1 Å². The maximum absolute atomic E-state index is 12.3. The number of methoxy groups -OCH3 is 1. The summed E-state index contributed by atoms with van der Waals surface area (Å²) < 4.78 is 5.22. The molecule has 0 fully saturated rings. The van der Waals surface area contributed by atoms with Gasteiger partial charge in [0.15, 0.2) is 0 Å². The van der Waals surface area contributed by atoms with E-state index < -0.39 is 0 Å². The normalized spacial score (nSPS) is 10.4. The standard InChI is InChI=1S/C19H15Cl2N3O2/c1-26-13-6-8-16(21)15(10-13)14-7-9-17(23-18(14)22)24-19(25)11-2-4-12(20)5-3-11/h2-10H,1H3,(H3,22,23,24,25). The largest absolute Gasteiger partial charge is 0.497 e. The zero-order chi connectivity index (χ0) is 18.7. The van der Waals surface area contributed by atoms with E-state index in [1.165, 1.54) is 0 Å². The van der Waals surface area contributed by atoms with Crippen LogP contribution in [-0.2, 0) is 0 Å². The van der Waals surface area contributed by atoms with E-state index in [0.717, 1.165) is 0 Å². The van der Waals surface area contributed by atoms with Crippen LogP contribution in [0.15, 0.2) is 54.6 Å². The van der Waals surface area contributed by atoms with Crippen LogP contribution in [0.4, 0.5) is 11.6 Å². The molecular weight excluding hydrogens is 373 g/mol. The molecule has 7 heteroatoms. The summed E-state index contributed by atoms with van der Waals surface area (Å²) in [6.45, 7) is 0.